The van der Waals surface area contributed by atoms with Crippen molar-refractivity contribution >= 4 is 12.3 Å². The first-order valence-electron chi connectivity index (χ1n) is 7.77. The van der Waals surface area contributed by atoms with Crippen molar-refractivity contribution < 1.29 is 9.59 Å². The van der Waals surface area contributed by atoms with Gasteiger partial charge in [0.15, 0.2) is 0 Å². The van der Waals surface area contributed by atoms with Gasteiger partial charge in [-0.1, -0.05) is 6.92 Å². The number of urea groups is 1. The molecule has 2 heterocycles. The van der Waals surface area contributed by atoms with Gasteiger partial charge in [-0.3, -0.25) is 4.90 Å². The van der Waals surface area contributed by atoms with Crippen molar-refractivity contribution in [3.63, 3.8) is 0 Å². The van der Waals surface area contributed by atoms with Crippen molar-refractivity contribution in [3.8, 4) is 6.07 Å². The summed E-state index contributed by atoms with van der Waals surface area (Å²) >= 11 is 0. The van der Waals surface area contributed by atoms with Crippen LogP contribution in [0.5, 0.6) is 0 Å². The van der Waals surface area contributed by atoms with E-state index < -0.39 is 6.04 Å². The van der Waals surface area contributed by atoms with Gasteiger partial charge in [0, 0.05) is 20.1 Å². The fraction of sp³-hybridized carbons (Fsp3) is 0.800. The van der Waals surface area contributed by atoms with E-state index in [2.05, 4.69) is 11.0 Å². The summed E-state index contributed by atoms with van der Waals surface area (Å²) in [5.41, 5.74) is 5.47. The van der Waals surface area contributed by atoms with E-state index in [1.165, 1.54) is 6.42 Å². The molecule has 0 aromatic carbocycles. The summed E-state index contributed by atoms with van der Waals surface area (Å²) in [6, 6.07) is 2.09. The van der Waals surface area contributed by atoms with Crippen LogP contribution in [0.25, 0.3) is 0 Å². The van der Waals surface area contributed by atoms with Gasteiger partial charge in [-0.25, -0.2) is 4.79 Å². The van der Waals surface area contributed by atoms with E-state index in [0.717, 1.165) is 19.4 Å². The molecular weight excluding hydrogens is 282 g/mol. The Hall–Kier alpha value is -1.65. The molecule has 2 saturated heterocycles. The first-order chi connectivity index (χ1) is 10.4. The predicted molar refractivity (Wildman–Crippen MR) is 84.1 cm³/mol. The molecule has 0 spiro atoms. The summed E-state index contributed by atoms with van der Waals surface area (Å²) in [6.07, 6.45) is 3.85. The maximum atomic E-state index is 11.6. The maximum Gasteiger partial charge on any atom is 0.320 e. The SMILES string of the molecule is CC[C@H]1CN(CC(N)C=O)C(=O)N1C.CN1CCCC1C#N. The molecule has 0 radical (unpaired) electrons. The monoisotopic (exact) mass is 309 g/mol. The first-order valence-corrected chi connectivity index (χ1v) is 7.77. The topological polar surface area (TPSA) is 93.7 Å². The fourth-order valence-electron chi connectivity index (χ4n) is 2.76. The van der Waals surface area contributed by atoms with Crippen LogP contribution in [0.15, 0.2) is 0 Å². The minimum Gasteiger partial charge on any atom is -0.323 e. The average Bonchev–Trinajstić information content (AvgIpc) is 3.05. The van der Waals surface area contributed by atoms with Gasteiger partial charge in [0.05, 0.1) is 24.2 Å². The van der Waals surface area contributed by atoms with E-state index in [9.17, 15) is 9.59 Å². The van der Waals surface area contributed by atoms with Gasteiger partial charge >= 0.3 is 6.03 Å². The number of nitrogens with zero attached hydrogens (tertiary/aromatic N) is 4. The predicted octanol–water partition coefficient (Wildman–Crippen LogP) is 0.263. The molecule has 2 unspecified atom stereocenters. The second-order valence-corrected chi connectivity index (χ2v) is 5.93. The molecular formula is C15H27N5O2. The maximum absolute atomic E-state index is 11.6. The number of amides is 2. The quantitative estimate of drug-likeness (QED) is 0.752. The van der Waals surface area contributed by atoms with E-state index in [1.807, 2.05) is 14.0 Å². The van der Waals surface area contributed by atoms with Crippen LogP contribution in [0.3, 0.4) is 0 Å². The van der Waals surface area contributed by atoms with Gasteiger partial charge in [-0.05, 0) is 32.9 Å². The van der Waals surface area contributed by atoms with Crippen LogP contribution in [-0.4, -0.2) is 78.9 Å². The van der Waals surface area contributed by atoms with E-state index >= 15 is 0 Å². The molecule has 0 bridgehead atoms. The van der Waals surface area contributed by atoms with Crippen molar-refractivity contribution in [2.45, 2.75) is 44.3 Å². The number of nitriles is 1. The van der Waals surface area contributed by atoms with Gasteiger partial charge in [-0.15, -0.1) is 0 Å². The molecule has 2 N–H and O–H groups in total. The summed E-state index contributed by atoms with van der Waals surface area (Å²) in [4.78, 5) is 27.4. The molecule has 124 valence electrons. The highest BCUT2D eigenvalue weighted by Gasteiger charge is 2.33. The van der Waals surface area contributed by atoms with Crippen LogP contribution < -0.4 is 5.73 Å². The Morgan fingerprint density at radius 3 is 2.55 bits per heavy atom. The number of rotatable bonds is 4. The van der Waals surface area contributed by atoms with Gasteiger partial charge in [-0.2, -0.15) is 5.26 Å². The molecule has 0 saturated carbocycles. The third-order valence-electron chi connectivity index (χ3n) is 4.30. The summed E-state index contributed by atoms with van der Waals surface area (Å²) < 4.78 is 0. The zero-order chi connectivity index (χ0) is 16.7. The smallest absolute Gasteiger partial charge is 0.320 e. The van der Waals surface area contributed by atoms with Gasteiger partial charge in [0.2, 0.25) is 0 Å². The van der Waals surface area contributed by atoms with Crippen LogP contribution in [-0.2, 0) is 4.79 Å². The number of hydrogen-bond acceptors (Lipinski definition) is 5. The lowest BCUT2D eigenvalue weighted by atomic mass is 10.2. The summed E-state index contributed by atoms with van der Waals surface area (Å²) in [5.74, 6) is 0. The number of carbonyl (C=O) groups is 2. The van der Waals surface area contributed by atoms with Crippen LogP contribution in [0, 0.1) is 11.3 Å². The van der Waals surface area contributed by atoms with Crippen molar-refractivity contribution in [1.29, 1.82) is 5.26 Å². The lowest BCUT2D eigenvalue weighted by Gasteiger charge is -2.17. The van der Waals surface area contributed by atoms with Crippen molar-refractivity contribution in [3.05, 3.63) is 0 Å². The Bertz CT molecular complexity index is 423. The first kappa shape index (κ1) is 18.4. The van der Waals surface area contributed by atoms with E-state index in [-0.39, 0.29) is 18.1 Å². The van der Waals surface area contributed by atoms with E-state index in [0.29, 0.717) is 19.4 Å². The highest BCUT2D eigenvalue weighted by atomic mass is 16.2. The molecule has 2 aliphatic heterocycles. The molecule has 7 heteroatoms. The number of likely N-dealkylation sites (N-methyl/N-ethyl adjacent to an activating group) is 1. The van der Waals surface area contributed by atoms with Gasteiger partial charge < -0.3 is 20.3 Å². The van der Waals surface area contributed by atoms with E-state index in [1.54, 1.807) is 16.8 Å². The van der Waals surface area contributed by atoms with Crippen LogP contribution in [0.2, 0.25) is 0 Å². The van der Waals surface area contributed by atoms with Gasteiger partial charge in [0.1, 0.15) is 6.29 Å². The van der Waals surface area contributed by atoms with Crippen LogP contribution >= 0.6 is 0 Å². The Balaban J connectivity index is 0.000000255. The standard InChI is InChI=1S/C9H17N3O2.C6H10N2/c1-3-8-5-12(4-7(10)6-13)9(14)11(8)2;1-8-4-2-3-6(8)5-7/h6-8H,3-5,10H2,1-2H3;6H,2-4H2,1H3/t7?,8-;/m0./s1. The van der Waals surface area contributed by atoms with Crippen LogP contribution in [0.4, 0.5) is 4.79 Å². The molecule has 0 aromatic heterocycles. The second-order valence-electron chi connectivity index (χ2n) is 5.93. The second kappa shape index (κ2) is 8.71. The average molecular weight is 309 g/mol. The Morgan fingerprint density at radius 2 is 2.18 bits per heavy atom. The minimum absolute atomic E-state index is 0.0332. The number of aldehydes is 1. The number of hydrogen-bond donors (Lipinski definition) is 1. The largest absolute Gasteiger partial charge is 0.323 e. The van der Waals surface area contributed by atoms with Crippen LogP contribution in [0.1, 0.15) is 26.2 Å². The summed E-state index contributed by atoms with van der Waals surface area (Å²) in [6.45, 7) is 4.13. The minimum atomic E-state index is -0.567. The Kier molecular flexibility index (Phi) is 7.28. The molecule has 2 aliphatic rings. The molecule has 2 rings (SSSR count). The molecule has 0 aromatic rings. The molecule has 7 nitrogen and oxygen atoms in total. The van der Waals surface area contributed by atoms with Crippen molar-refractivity contribution in [2.24, 2.45) is 5.73 Å². The zero-order valence-electron chi connectivity index (χ0n) is 13.7. The third-order valence-corrected chi connectivity index (χ3v) is 4.30. The lowest BCUT2D eigenvalue weighted by molar-refractivity contribution is -0.109. The summed E-state index contributed by atoms with van der Waals surface area (Å²) in [5, 5.41) is 8.44. The number of likely N-dealkylation sites (tertiary alicyclic amines) is 1. The fourth-order valence-corrected chi connectivity index (χ4v) is 2.76. The van der Waals surface area contributed by atoms with Gasteiger partial charge in [0.25, 0.3) is 0 Å². The lowest BCUT2D eigenvalue weighted by Crippen LogP contribution is -2.40. The normalized spacial score (nSPS) is 26.4. The van der Waals surface area contributed by atoms with E-state index in [4.69, 9.17) is 11.0 Å². The Morgan fingerprint density at radius 1 is 1.50 bits per heavy atom. The number of nitrogens with two attached hydrogens (primary N) is 1. The molecule has 2 fully saturated rings. The van der Waals surface area contributed by atoms with Crippen molar-refractivity contribution in [2.75, 3.05) is 33.7 Å². The Labute approximate surface area is 132 Å². The van der Waals surface area contributed by atoms with Crippen molar-refractivity contribution in [1.82, 2.24) is 14.7 Å². The third kappa shape index (κ3) is 4.68. The summed E-state index contributed by atoms with van der Waals surface area (Å²) in [7, 11) is 3.78. The molecule has 0 aliphatic carbocycles. The molecule has 22 heavy (non-hydrogen) atoms. The highest BCUT2D eigenvalue weighted by Crippen LogP contribution is 2.16. The highest BCUT2D eigenvalue weighted by molar-refractivity contribution is 5.77. The molecule has 3 atom stereocenters. The number of carbonyl (C=O) groups excluding carboxylic acids is 2. The zero-order valence-corrected chi connectivity index (χ0v) is 13.7. The molecule has 2 amide bonds.